The quantitative estimate of drug-likeness (QED) is 0.446. The molecule has 0 spiro atoms. The maximum absolute atomic E-state index is 11.3. The van der Waals surface area contributed by atoms with Gasteiger partial charge in [0.1, 0.15) is 0 Å². The molecule has 0 saturated heterocycles. The van der Waals surface area contributed by atoms with E-state index in [1.807, 2.05) is 0 Å². The van der Waals surface area contributed by atoms with Crippen LogP contribution in [0.25, 0.3) is 0 Å². The standard InChI is InChI=1S/C29H50O2/c1-7-20(18(2)3)9-8-19(4)23-10-11-24-27-25(13-15-29(23,24)6)28(5)14-12-22(30)16-21(28)17-26(27)31/h17-20,22-27,30-31H,7-16H2,1-6H3/t19-,20-,22+,23-,24?,25?,26?,27+,28+,29-/m1/s1. The van der Waals surface area contributed by atoms with E-state index in [0.29, 0.717) is 23.2 Å². The van der Waals surface area contributed by atoms with Crippen LogP contribution in [0.5, 0.6) is 0 Å². The SMILES string of the molecule is CC[C@H](CC[C@@H](C)[C@H]1CCC2[C@@H]3C(O)C=C4C[C@@H](O)CC[C@]4(C)C3CC[C@@]21C)C(C)C. The third-order valence-electron chi connectivity index (χ3n) is 11.3. The molecule has 31 heavy (non-hydrogen) atoms. The molecule has 0 amide bonds. The van der Waals surface area contributed by atoms with Crippen LogP contribution < -0.4 is 0 Å². The molecular weight excluding hydrogens is 380 g/mol. The Labute approximate surface area is 192 Å². The van der Waals surface area contributed by atoms with Crippen LogP contribution in [0.2, 0.25) is 0 Å². The fourth-order valence-electron chi connectivity index (χ4n) is 9.29. The molecule has 0 aromatic heterocycles. The molecule has 3 saturated carbocycles. The van der Waals surface area contributed by atoms with E-state index >= 15 is 0 Å². The molecule has 4 aliphatic rings. The second-order valence-electron chi connectivity index (χ2n) is 13.0. The number of hydrogen-bond donors (Lipinski definition) is 2. The van der Waals surface area contributed by atoms with E-state index in [1.54, 1.807) is 0 Å². The maximum Gasteiger partial charge on any atom is 0.0757 e. The summed E-state index contributed by atoms with van der Waals surface area (Å²) in [5.74, 6) is 4.99. The minimum Gasteiger partial charge on any atom is -0.393 e. The van der Waals surface area contributed by atoms with Gasteiger partial charge in [0.2, 0.25) is 0 Å². The number of hydrogen-bond acceptors (Lipinski definition) is 2. The van der Waals surface area contributed by atoms with Crippen LogP contribution in [0, 0.1) is 52.3 Å². The van der Waals surface area contributed by atoms with E-state index in [4.69, 9.17) is 0 Å². The van der Waals surface area contributed by atoms with E-state index < -0.39 is 0 Å². The molecule has 10 atom stereocenters. The van der Waals surface area contributed by atoms with E-state index in [9.17, 15) is 10.2 Å². The summed E-state index contributed by atoms with van der Waals surface area (Å²) in [6.07, 6.45) is 13.9. The number of fused-ring (bicyclic) bond motifs is 5. The first-order valence-electron chi connectivity index (χ1n) is 13.7. The summed E-state index contributed by atoms with van der Waals surface area (Å²) in [4.78, 5) is 0. The Morgan fingerprint density at radius 2 is 1.71 bits per heavy atom. The summed E-state index contributed by atoms with van der Waals surface area (Å²) >= 11 is 0. The highest BCUT2D eigenvalue weighted by Gasteiger charge is 2.61. The maximum atomic E-state index is 11.3. The second-order valence-corrected chi connectivity index (χ2v) is 13.0. The van der Waals surface area contributed by atoms with Crippen molar-refractivity contribution in [1.29, 1.82) is 0 Å². The van der Waals surface area contributed by atoms with Crippen molar-refractivity contribution in [3.05, 3.63) is 11.6 Å². The van der Waals surface area contributed by atoms with Crippen LogP contribution in [-0.4, -0.2) is 22.4 Å². The van der Waals surface area contributed by atoms with Crippen molar-refractivity contribution >= 4 is 0 Å². The van der Waals surface area contributed by atoms with Crippen molar-refractivity contribution in [3.8, 4) is 0 Å². The van der Waals surface area contributed by atoms with Crippen molar-refractivity contribution in [2.24, 2.45) is 52.3 Å². The highest BCUT2D eigenvalue weighted by atomic mass is 16.3. The molecule has 0 aliphatic heterocycles. The van der Waals surface area contributed by atoms with Gasteiger partial charge in [-0.05, 0) is 104 Å². The van der Waals surface area contributed by atoms with Gasteiger partial charge in [-0.1, -0.05) is 66.0 Å². The van der Waals surface area contributed by atoms with E-state index in [-0.39, 0.29) is 17.6 Å². The summed E-state index contributed by atoms with van der Waals surface area (Å²) in [5.41, 5.74) is 1.97. The molecule has 2 N–H and O–H groups in total. The predicted molar refractivity (Wildman–Crippen MR) is 130 cm³/mol. The van der Waals surface area contributed by atoms with E-state index in [0.717, 1.165) is 42.9 Å². The number of aliphatic hydroxyl groups excluding tert-OH is 2. The third-order valence-corrected chi connectivity index (χ3v) is 11.3. The Hall–Kier alpha value is -0.340. The van der Waals surface area contributed by atoms with Gasteiger partial charge in [-0.2, -0.15) is 0 Å². The van der Waals surface area contributed by atoms with Gasteiger partial charge in [0.15, 0.2) is 0 Å². The predicted octanol–water partition coefficient (Wildman–Crippen LogP) is 7.00. The Bertz CT molecular complexity index is 668. The van der Waals surface area contributed by atoms with Crippen molar-refractivity contribution in [2.75, 3.05) is 0 Å². The van der Waals surface area contributed by atoms with Crippen LogP contribution in [0.15, 0.2) is 11.6 Å². The first kappa shape index (κ1) is 23.8. The van der Waals surface area contributed by atoms with Gasteiger partial charge in [-0.25, -0.2) is 0 Å². The Kier molecular flexibility index (Phi) is 6.75. The zero-order valence-corrected chi connectivity index (χ0v) is 21.2. The van der Waals surface area contributed by atoms with Gasteiger partial charge in [0.25, 0.3) is 0 Å². The summed E-state index contributed by atoms with van der Waals surface area (Å²) < 4.78 is 0. The molecule has 0 heterocycles. The van der Waals surface area contributed by atoms with Crippen LogP contribution in [0.4, 0.5) is 0 Å². The van der Waals surface area contributed by atoms with Gasteiger partial charge in [-0.3, -0.25) is 0 Å². The largest absolute Gasteiger partial charge is 0.393 e. The number of aliphatic hydroxyl groups is 2. The molecule has 0 bridgehead atoms. The minimum absolute atomic E-state index is 0.202. The molecule has 0 aromatic rings. The molecule has 0 aromatic carbocycles. The Morgan fingerprint density at radius 1 is 0.968 bits per heavy atom. The molecule has 178 valence electrons. The van der Waals surface area contributed by atoms with Crippen molar-refractivity contribution < 1.29 is 10.2 Å². The molecule has 3 unspecified atom stereocenters. The lowest BCUT2D eigenvalue weighted by atomic mass is 9.46. The first-order valence-corrected chi connectivity index (χ1v) is 13.7. The molecule has 4 aliphatic carbocycles. The summed E-state index contributed by atoms with van der Waals surface area (Å²) in [7, 11) is 0. The Balaban J connectivity index is 1.52. The first-order chi connectivity index (χ1) is 14.6. The van der Waals surface area contributed by atoms with Crippen molar-refractivity contribution in [3.63, 3.8) is 0 Å². The van der Waals surface area contributed by atoms with Gasteiger partial charge in [-0.15, -0.1) is 0 Å². The van der Waals surface area contributed by atoms with Gasteiger partial charge in [0, 0.05) is 0 Å². The molecule has 2 heteroatoms. The van der Waals surface area contributed by atoms with E-state index in [1.165, 1.54) is 50.5 Å². The van der Waals surface area contributed by atoms with E-state index in [2.05, 4.69) is 47.6 Å². The second kappa shape index (κ2) is 8.79. The van der Waals surface area contributed by atoms with Crippen LogP contribution >= 0.6 is 0 Å². The van der Waals surface area contributed by atoms with Crippen LogP contribution in [-0.2, 0) is 0 Å². The molecule has 3 fully saturated rings. The van der Waals surface area contributed by atoms with Gasteiger partial charge in [0.05, 0.1) is 12.2 Å². The zero-order chi connectivity index (χ0) is 22.6. The summed E-state index contributed by atoms with van der Waals surface area (Å²) in [5, 5.41) is 21.6. The molecule has 2 nitrogen and oxygen atoms in total. The third kappa shape index (κ3) is 3.96. The van der Waals surface area contributed by atoms with Gasteiger partial charge >= 0.3 is 0 Å². The van der Waals surface area contributed by atoms with Crippen molar-refractivity contribution in [1.82, 2.24) is 0 Å². The topological polar surface area (TPSA) is 40.5 Å². The summed E-state index contributed by atoms with van der Waals surface area (Å²) in [6.45, 7) is 14.7. The van der Waals surface area contributed by atoms with Crippen molar-refractivity contribution in [2.45, 2.75) is 118 Å². The fourth-order valence-corrected chi connectivity index (χ4v) is 9.29. The molecular formula is C29H50O2. The average molecular weight is 431 g/mol. The molecule has 4 rings (SSSR count). The Morgan fingerprint density at radius 3 is 2.39 bits per heavy atom. The molecule has 0 radical (unpaired) electrons. The smallest absolute Gasteiger partial charge is 0.0757 e. The van der Waals surface area contributed by atoms with Crippen LogP contribution in [0.3, 0.4) is 0 Å². The average Bonchev–Trinajstić information content (AvgIpc) is 3.06. The lowest BCUT2D eigenvalue weighted by Gasteiger charge is -2.59. The minimum atomic E-state index is -0.303. The fraction of sp³-hybridized carbons (Fsp3) is 0.931. The highest BCUT2D eigenvalue weighted by Crippen LogP contribution is 2.67. The van der Waals surface area contributed by atoms with Gasteiger partial charge < -0.3 is 10.2 Å². The number of rotatable bonds is 6. The zero-order valence-electron chi connectivity index (χ0n) is 21.2. The monoisotopic (exact) mass is 430 g/mol. The summed E-state index contributed by atoms with van der Waals surface area (Å²) in [6, 6.07) is 0. The normalized spacial score (nSPS) is 46.7. The van der Waals surface area contributed by atoms with Crippen LogP contribution in [0.1, 0.15) is 106 Å². The lowest BCUT2D eigenvalue weighted by Crippen LogP contribution is -2.54. The highest BCUT2D eigenvalue weighted by molar-refractivity contribution is 5.27. The lowest BCUT2D eigenvalue weighted by molar-refractivity contribution is -0.0972.